The Morgan fingerprint density at radius 2 is 1.82 bits per heavy atom. The molecule has 3 rings (SSSR count). The standard InChI is InChI=1S/C17H27N5/c1-15-5-2-3-6-16(15)21-13-11-20(12-14-21)8-4-9-22-10-7-19-17(22)18/h2-3,5-6H,4,7-14H2,1H3,(H2,18,19). The van der Waals surface area contributed by atoms with Crippen LogP contribution in [0.2, 0.25) is 0 Å². The zero-order valence-electron chi connectivity index (χ0n) is 13.5. The number of guanidine groups is 1. The number of aliphatic imine (C=N–C) groups is 1. The van der Waals surface area contributed by atoms with Crippen molar-refractivity contribution < 1.29 is 0 Å². The highest BCUT2D eigenvalue weighted by Crippen LogP contribution is 2.20. The maximum Gasteiger partial charge on any atom is 0.191 e. The third kappa shape index (κ3) is 3.53. The average Bonchev–Trinajstić information content (AvgIpc) is 2.94. The van der Waals surface area contributed by atoms with Crippen LogP contribution in [0.3, 0.4) is 0 Å². The first-order chi connectivity index (χ1) is 10.7. The summed E-state index contributed by atoms with van der Waals surface area (Å²) in [4.78, 5) is 11.5. The Hall–Kier alpha value is -1.75. The molecule has 1 saturated heterocycles. The normalized spacial score (nSPS) is 19.6. The van der Waals surface area contributed by atoms with Gasteiger partial charge >= 0.3 is 0 Å². The first kappa shape index (κ1) is 15.2. The second-order valence-electron chi connectivity index (χ2n) is 6.20. The fourth-order valence-electron chi connectivity index (χ4n) is 3.34. The van der Waals surface area contributed by atoms with Gasteiger partial charge in [-0.05, 0) is 31.5 Å². The Labute approximate surface area is 133 Å². The molecular formula is C17H27N5. The minimum Gasteiger partial charge on any atom is -0.370 e. The highest BCUT2D eigenvalue weighted by molar-refractivity contribution is 5.79. The molecule has 0 spiro atoms. The quantitative estimate of drug-likeness (QED) is 0.886. The Morgan fingerprint density at radius 1 is 1.05 bits per heavy atom. The average molecular weight is 301 g/mol. The van der Waals surface area contributed by atoms with E-state index in [4.69, 9.17) is 5.73 Å². The van der Waals surface area contributed by atoms with Crippen molar-refractivity contribution >= 4 is 11.6 Å². The molecule has 120 valence electrons. The SMILES string of the molecule is Cc1ccccc1N1CCN(CCCN2CCN=C2N)CC1. The lowest BCUT2D eigenvalue weighted by atomic mass is 10.1. The molecule has 5 heteroatoms. The Bertz CT molecular complexity index is 520. The fraction of sp³-hybridized carbons (Fsp3) is 0.588. The van der Waals surface area contributed by atoms with Crippen LogP contribution in [-0.2, 0) is 0 Å². The number of aryl methyl sites for hydroxylation is 1. The lowest BCUT2D eigenvalue weighted by Gasteiger charge is -2.37. The molecule has 0 radical (unpaired) electrons. The molecule has 5 nitrogen and oxygen atoms in total. The molecule has 2 aliphatic rings. The van der Waals surface area contributed by atoms with Crippen LogP contribution in [0.1, 0.15) is 12.0 Å². The van der Waals surface area contributed by atoms with E-state index in [1.807, 2.05) is 0 Å². The zero-order valence-corrected chi connectivity index (χ0v) is 13.5. The van der Waals surface area contributed by atoms with Crippen LogP contribution >= 0.6 is 0 Å². The highest BCUT2D eigenvalue weighted by atomic mass is 15.3. The maximum absolute atomic E-state index is 5.85. The van der Waals surface area contributed by atoms with Crippen LogP contribution in [0, 0.1) is 6.92 Å². The smallest absolute Gasteiger partial charge is 0.191 e. The van der Waals surface area contributed by atoms with E-state index in [1.54, 1.807) is 0 Å². The van der Waals surface area contributed by atoms with Crippen molar-refractivity contribution in [2.75, 3.05) is 57.3 Å². The summed E-state index contributed by atoms with van der Waals surface area (Å²) in [6.07, 6.45) is 1.17. The van der Waals surface area contributed by atoms with Gasteiger partial charge in [0.05, 0.1) is 6.54 Å². The first-order valence-corrected chi connectivity index (χ1v) is 8.32. The van der Waals surface area contributed by atoms with Gasteiger partial charge in [-0.2, -0.15) is 0 Å². The molecule has 0 saturated carbocycles. The Kier molecular flexibility index (Phi) is 4.83. The van der Waals surface area contributed by atoms with Crippen molar-refractivity contribution in [2.24, 2.45) is 10.7 Å². The van der Waals surface area contributed by atoms with Gasteiger partial charge < -0.3 is 15.5 Å². The number of hydrogen-bond acceptors (Lipinski definition) is 5. The first-order valence-electron chi connectivity index (χ1n) is 8.32. The van der Waals surface area contributed by atoms with Gasteiger partial charge in [-0.1, -0.05) is 18.2 Å². The van der Waals surface area contributed by atoms with Gasteiger partial charge in [0.25, 0.3) is 0 Å². The summed E-state index contributed by atoms with van der Waals surface area (Å²) in [5.74, 6) is 0.726. The summed E-state index contributed by atoms with van der Waals surface area (Å²) >= 11 is 0. The van der Waals surface area contributed by atoms with Gasteiger partial charge in [-0.3, -0.25) is 9.89 Å². The van der Waals surface area contributed by atoms with E-state index in [0.29, 0.717) is 0 Å². The third-order valence-electron chi connectivity index (χ3n) is 4.70. The summed E-state index contributed by atoms with van der Waals surface area (Å²) in [5, 5.41) is 0. The van der Waals surface area contributed by atoms with E-state index in [1.165, 1.54) is 17.7 Å². The summed E-state index contributed by atoms with van der Waals surface area (Å²) < 4.78 is 0. The molecule has 0 unspecified atom stereocenters. The molecular weight excluding hydrogens is 274 g/mol. The number of anilines is 1. The van der Waals surface area contributed by atoms with Crippen molar-refractivity contribution in [3.05, 3.63) is 29.8 Å². The molecule has 0 atom stereocenters. The van der Waals surface area contributed by atoms with Gasteiger partial charge in [-0.25, -0.2) is 0 Å². The van der Waals surface area contributed by atoms with E-state index in [-0.39, 0.29) is 0 Å². The third-order valence-corrected chi connectivity index (χ3v) is 4.70. The highest BCUT2D eigenvalue weighted by Gasteiger charge is 2.18. The molecule has 2 aliphatic heterocycles. The van der Waals surface area contributed by atoms with Gasteiger partial charge in [-0.15, -0.1) is 0 Å². The minimum atomic E-state index is 0.726. The predicted molar refractivity (Wildman–Crippen MR) is 92.5 cm³/mol. The van der Waals surface area contributed by atoms with Crippen molar-refractivity contribution in [3.63, 3.8) is 0 Å². The molecule has 22 heavy (non-hydrogen) atoms. The molecule has 0 aliphatic carbocycles. The lowest BCUT2D eigenvalue weighted by molar-refractivity contribution is 0.246. The Balaban J connectivity index is 1.40. The van der Waals surface area contributed by atoms with Gasteiger partial charge in [0, 0.05) is 45.0 Å². The van der Waals surface area contributed by atoms with E-state index in [0.717, 1.165) is 58.3 Å². The van der Waals surface area contributed by atoms with Crippen LogP contribution in [0.4, 0.5) is 5.69 Å². The number of nitrogens with two attached hydrogens (primary N) is 1. The van der Waals surface area contributed by atoms with E-state index < -0.39 is 0 Å². The number of para-hydroxylation sites is 1. The zero-order chi connectivity index (χ0) is 15.4. The molecule has 0 bridgehead atoms. The van der Waals surface area contributed by atoms with E-state index in [9.17, 15) is 0 Å². The van der Waals surface area contributed by atoms with Gasteiger partial charge in [0.15, 0.2) is 5.96 Å². The van der Waals surface area contributed by atoms with Crippen LogP contribution in [0.5, 0.6) is 0 Å². The van der Waals surface area contributed by atoms with E-state index in [2.05, 4.69) is 50.9 Å². The summed E-state index contributed by atoms with van der Waals surface area (Å²) in [6, 6.07) is 8.68. The summed E-state index contributed by atoms with van der Waals surface area (Å²) in [6.45, 7) is 10.8. The van der Waals surface area contributed by atoms with Gasteiger partial charge in [0.1, 0.15) is 0 Å². The predicted octanol–water partition coefficient (Wildman–Crippen LogP) is 1.14. The van der Waals surface area contributed by atoms with Crippen molar-refractivity contribution in [2.45, 2.75) is 13.3 Å². The maximum atomic E-state index is 5.85. The topological polar surface area (TPSA) is 48.1 Å². The van der Waals surface area contributed by atoms with Crippen molar-refractivity contribution in [1.29, 1.82) is 0 Å². The summed E-state index contributed by atoms with van der Waals surface area (Å²) in [5.41, 5.74) is 8.62. The van der Waals surface area contributed by atoms with Crippen LogP contribution in [-0.4, -0.2) is 68.1 Å². The molecule has 0 amide bonds. The lowest BCUT2D eigenvalue weighted by Crippen LogP contribution is -2.47. The molecule has 1 fully saturated rings. The van der Waals surface area contributed by atoms with E-state index >= 15 is 0 Å². The number of benzene rings is 1. The second-order valence-corrected chi connectivity index (χ2v) is 6.20. The largest absolute Gasteiger partial charge is 0.370 e. The monoisotopic (exact) mass is 301 g/mol. The molecule has 1 aromatic carbocycles. The van der Waals surface area contributed by atoms with Crippen molar-refractivity contribution in [3.8, 4) is 0 Å². The molecule has 2 heterocycles. The van der Waals surface area contributed by atoms with Crippen LogP contribution in [0.15, 0.2) is 29.3 Å². The second kappa shape index (κ2) is 7.01. The summed E-state index contributed by atoms with van der Waals surface area (Å²) in [7, 11) is 0. The molecule has 2 N–H and O–H groups in total. The number of hydrogen-bond donors (Lipinski definition) is 1. The minimum absolute atomic E-state index is 0.726. The van der Waals surface area contributed by atoms with Crippen LogP contribution < -0.4 is 10.6 Å². The van der Waals surface area contributed by atoms with Crippen LogP contribution in [0.25, 0.3) is 0 Å². The number of rotatable bonds is 5. The van der Waals surface area contributed by atoms with Gasteiger partial charge in [0.2, 0.25) is 0 Å². The van der Waals surface area contributed by atoms with Crippen molar-refractivity contribution in [1.82, 2.24) is 9.80 Å². The fourth-order valence-corrected chi connectivity index (χ4v) is 3.34. The number of nitrogens with zero attached hydrogens (tertiary/aromatic N) is 4. The molecule has 0 aromatic heterocycles. The number of piperazine rings is 1. The molecule has 1 aromatic rings. The Morgan fingerprint density at radius 3 is 2.50 bits per heavy atom.